The first-order valence-electron chi connectivity index (χ1n) is 8.29. The second kappa shape index (κ2) is 4.51. The lowest BCUT2D eigenvalue weighted by molar-refractivity contribution is -0.0592. The topological polar surface area (TPSA) is 35.2 Å². The lowest BCUT2D eigenvalue weighted by Gasteiger charge is -2.57. The summed E-state index contributed by atoms with van der Waals surface area (Å²) in [5.74, 6) is 3.11. The minimum atomic E-state index is 0.261. The van der Waals surface area contributed by atoms with Crippen LogP contribution in [0.15, 0.2) is 11.8 Å². The van der Waals surface area contributed by atoms with Gasteiger partial charge in [-0.1, -0.05) is 0 Å². The number of hydrogen-bond acceptors (Lipinski definition) is 2. The van der Waals surface area contributed by atoms with E-state index in [9.17, 15) is 0 Å². The van der Waals surface area contributed by atoms with Crippen LogP contribution < -0.4 is 5.73 Å². The molecule has 4 bridgehead atoms. The van der Waals surface area contributed by atoms with Crippen molar-refractivity contribution in [2.45, 2.75) is 63.8 Å². The normalized spacial score (nSPS) is 45.7. The Morgan fingerprint density at radius 1 is 1.16 bits per heavy atom. The molecule has 0 aromatic carbocycles. The monoisotopic (exact) mass is 261 g/mol. The van der Waals surface area contributed by atoms with Crippen LogP contribution in [0.4, 0.5) is 0 Å². The third-order valence-corrected chi connectivity index (χ3v) is 6.26. The second-order valence-corrected chi connectivity index (χ2v) is 7.90. The summed E-state index contributed by atoms with van der Waals surface area (Å²) in [4.78, 5) is 0. The fourth-order valence-electron chi connectivity index (χ4n) is 5.99. The third-order valence-electron chi connectivity index (χ3n) is 6.26. The van der Waals surface area contributed by atoms with Gasteiger partial charge in [-0.15, -0.1) is 0 Å². The molecule has 19 heavy (non-hydrogen) atoms. The second-order valence-electron chi connectivity index (χ2n) is 7.90. The molecule has 2 nitrogen and oxygen atoms in total. The van der Waals surface area contributed by atoms with Crippen molar-refractivity contribution in [3.8, 4) is 0 Å². The fraction of sp³-hybridized carbons (Fsp3) is 0.882. The molecule has 0 radical (unpaired) electrons. The Labute approximate surface area is 116 Å². The Kier molecular flexibility index (Phi) is 2.91. The molecule has 0 aromatic heterocycles. The predicted molar refractivity (Wildman–Crippen MR) is 76.5 cm³/mol. The van der Waals surface area contributed by atoms with Crippen LogP contribution in [-0.2, 0) is 4.74 Å². The molecular formula is C17H27NO. The van der Waals surface area contributed by atoms with E-state index in [1.54, 1.807) is 0 Å². The van der Waals surface area contributed by atoms with Gasteiger partial charge in [0, 0.05) is 6.04 Å². The van der Waals surface area contributed by atoms with Crippen LogP contribution in [0.2, 0.25) is 0 Å². The minimum absolute atomic E-state index is 0.261. The Bertz CT molecular complexity index is 351. The molecule has 4 saturated carbocycles. The van der Waals surface area contributed by atoms with Gasteiger partial charge in [0.1, 0.15) is 0 Å². The Hall–Kier alpha value is -0.500. The van der Waals surface area contributed by atoms with E-state index in [1.165, 1.54) is 50.5 Å². The van der Waals surface area contributed by atoms with Gasteiger partial charge < -0.3 is 10.5 Å². The van der Waals surface area contributed by atoms with Gasteiger partial charge in [-0.25, -0.2) is 0 Å². The smallest absolute Gasteiger partial charge is 0.0876 e. The summed E-state index contributed by atoms with van der Waals surface area (Å²) in [5, 5.41) is 0. The molecule has 0 saturated heterocycles. The maximum atomic E-state index is 6.52. The highest BCUT2D eigenvalue weighted by molar-refractivity contribution is 5.12. The van der Waals surface area contributed by atoms with Crippen molar-refractivity contribution in [1.82, 2.24) is 0 Å². The summed E-state index contributed by atoms with van der Waals surface area (Å²) in [6.45, 7) is 0.883. The van der Waals surface area contributed by atoms with E-state index in [2.05, 4.69) is 0 Å². The molecule has 5 aliphatic rings. The Morgan fingerprint density at radius 2 is 1.79 bits per heavy atom. The van der Waals surface area contributed by atoms with Gasteiger partial charge in [-0.3, -0.25) is 0 Å². The molecule has 0 amide bonds. The van der Waals surface area contributed by atoms with Gasteiger partial charge in [0.15, 0.2) is 0 Å². The van der Waals surface area contributed by atoms with Crippen molar-refractivity contribution in [1.29, 1.82) is 0 Å². The van der Waals surface area contributed by atoms with E-state index in [4.69, 9.17) is 10.5 Å². The summed E-state index contributed by atoms with van der Waals surface area (Å²) in [7, 11) is 0. The van der Waals surface area contributed by atoms with E-state index in [0.717, 1.165) is 37.2 Å². The maximum absolute atomic E-state index is 6.52. The molecule has 4 fully saturated rings. The van der Waals surface area contributed by atoms with Crippen molar-refractivity contribution in [3.63, 3.8) is 0 Å². The quantitative estimate of drug-likeness (QED) is 0.842. The van der Waals surface area contributed by atoms with E-state index >= 15 is 0 Å². The van der Waals surface area contributed by atoms with E-state index in [-0.39, 0.29) is 6.04 Å². The highest BCUT2D eigenvalue weighted by Crippen LogP contribution is 2.61. The summed E-state index contributed by atoms with van der Waals surface area (Å²) >= 11 is 0. The van der Waals surface area contributed by atoms with Gasteiger partial charge in [0.2, 0.25) is 0 Å². The summed E-state index contributed by atoms with van der Waals surface area (Å²) < 4.78 is 5.48. The highest BCUT2D eigenvalue weighted by atomic mass is 16.5. The van der Waals surface area contributed by atoms with Crippen LogP contribution in [0.3, 0.4) is 0 Å². The Balaban J connectivity index is 1.48. The van der Waals surface area contributed by atoms with Crippen LogP contribution in [0.25, 0.3) is 0 Å². The largest absolute Gasteiger partial charge is 0.501 e. The number of hydrogen-bond donors (Lipinski definition) is 1. The zero-order chi connectivity index (χ0) is 12.9. The van der Waals surface area contributed by atoms with Crippen LogP contribution in [0.1, 0.15) is 57.8 Å². The Morgan fingerprint density at radius 3 is 2.32 bits per heavy atom. The van der Waals surface area contributed by atoms with Crippen LogP contribution in [-0.4, -0.2) is 12.6 Å². The van der Waals surface area contributed by atoms with E-state index in [1.807, 2.05) is 6.26 Å². The molecule has 2 heteroatoms. The van der Waals surface area contributed by atoms with Crippen LogP contribution >= 0.6 is 0 Å². The van der Waals surface area contributed by atoms with Gasteiger partial charge in [0.25, 0.3) is 0 Å². The average Bonchev–Trinajstić information content (AvgIpc) is 2.37. The van der Waals surface area contributed by atoms with Gasteiger partial charge in [-0.2, -0.15) is 0 Å². The average molecular weight is 261 g/mol. The zero-order valence-electron chi connectivity index (χ0n) is 11.9. The molecule has 0 aromatic rings. The van der Waals surface area contributed by atoms with E-state index < -0.39 is 0 Å². The summed E-state index contributed by atoms with van der Waals surface area (Å²) in [6.07, 6.45) is 14.5. The molecule has 1 heterocycles. The van der Waals surface area contributed by atoms with Crippen LogP contribution in [0.5, 0.6) is 0 Å². The molecule has 1 atom stereocenters. The molecule has 1 aliphatic heterocycles. The predicted octanol–water partition coefficient (Wildman–Crippen LogP) is 3.61. The van der Waals surface area contributed by atoms with Crippen molar-refractivity contribution < 1.29 is 4.74 Å². The number of nitrogens with two attached hydrogens (primary N) is 1. The summed E-state index contributed by atoms with van der Waals surface area (Å²) in [5.41, 5.74) is 8.50. The molecule has 4 aliphatic carbocycles. The minimum Gasteiger partial charge on any atom is -0.501 e. The molecule has 0 spiro atoms. The highest BCUT2D eigenvalue weighted by Gasteiger charge is 2.51. The van der Waals surface area contributed by atoms with Gasteiger partial charge in [-0.05, 0) is 86.5 Å². The number of ether oxygens (including phenoxy) is 1. The van der Waals surface area contributed by atoms with Crippen molar-refractivity contribution in [2.75, 3.05) is 6.61 Å². The lowest BCUT2D eigenvalue weighted by atomic mass is 9.48. The molecule has 2 N–H and O–H groups in total. The molecule has 5 rings (SSSR count). The van der Waals surface area contributed by atoms with Crippen molar-refractivity contribution in [3.05, 3.63) is 11.8 Å². The van der Waals surface area contributed by atoms with Crippen LogP contribution in [0, 0.1) is 23.2 Å². The standard InChI is InChI=1S/C17H27NO/c18-16(15-2-1-3-19-11-15)10-17-7-12-4-13(8-17)6-14(5-12)9-17/h11-14,16H,1-10,18H2. The first-order valence-corrected chi connectivity index (χ1v) is 8.29. The maximum Gasteiger partial charge on any atom is 0.0876 e. The SMILES string of the molecule is NC(CC12CC3CC(CC(C3)C1)C2)C1=COCCC1. The van der Waals surface area contributed by atoms with Gasteiger partial charge in [0.05, 0.1) is 12.9 Å². The van der Waals surface area contributed by atoms with Gasteiger partial charge >= 0.3 is 0 Å². The first kappa shape index (κ1) is 12.3. The van der Waals surface area contributed by atoms with Crippen molar-refractivity contribution in [2.24, 2.45) is 28.9 Å². The molecule has 106 valence electrons. The first-order chi connectivity index (χ1) is 9.22. The third kappa shape index (κ3) is 2.22. The van der Waals surface area contributed by atoms with E-state index in [0.29, 0.717) is 5.41 Å². The zero-order valence-corrected chi connectivity index (χ0v) is 11.9. The van der Waals surface area contributed by atoms with Crippen molar-refractivity contribution >= 4 is 0 Å². The number of rotatable bonds is 3. The summed E-state index contributed by atoms with van der Waals surface area (Å²) in [6, 6.07) is 0.261. The lowest BCUT2D eigenvalue weighted by Crippen LogP contribution is -2.48. The molecular weight excluding hydrogens is 234 g/mol. The fourth-order valence-corrected chi connectivity index (χ4v) is 5.99. The molecule has 1 unspecified atom stereocenters.